The van der Waals surface area contributed by atoms with E-state index in [1.807, 2.05) is 0 Å². The van der Waals surface area contributed by atoms with Gasteiger partial charge in [0.05, 0.1) is 16.1 Å². The van der Waals surface area contributed by atoms with Gasteiger partial charge in [0.2, 0.25) is 0 Å². The highest BCUT2D eigenvalue weighted by Crippen LogP contribution is 2.62. The first-order chi connectivity index (χ1) is 33.0. The lowest BCUT2D eigenvalue weighted by molar-refractivity contribution is 0.590. The summed E-state index contributed by atoms with van der Waals surface area (Å²) in [6.07, 6.45) is 0. The van der Waals surface area contributed by atoms with Crippen molar-refractivity contribution in [2.45, 2.75) is 149 Å². The summed E-state index contributed by atoms with van der Waals surface area (Å²) in [5.74, 6) is 0. The Labute approximate surface area is 430 Å². The Bertz CT molecular complexity index is 2920. The molecule has 0 aromatic heterocycles. The van der Waals surface area contributed by atoms with E-state index in [1.165, 1.54) is 89.0 Å². The Balaban J connectivity index is 1.22. The standard InChI is InChI=1S/C67H80N2Si2/c1-63(2,3)47-21-29-51(30-22-47)68(52-31-23-48(24-32-52)64(4,5)6)55-37-41-57-45(43-55)19-39-59-60-40-20-46-44-56(38-42-58(46)62(60)67(61(57)59,70(13,14)15)71(16,17)18)69(53-33-25-49(26-34-53)65(7,8)9)54-35-27-50(28-36-54)66(10,11)12/h19-44H,1-18H3. The fourth-order valence-electron chi connectivity index (χ4n) is 12.3. The van der Waals surface area contributed by atoms with Crippen LogP contribution in [0.3, 0.4) is 0 Å². The second-order valence-electron chi connectivity index (χ2n) is 26.9. The van der Waals surface area contributed by atoms with Gasteiger partial charge in [0.15, 0.2) is 0 Å². The molecule has 8 aromatic rings. The molecule has 0 aliphatic heterocycles. The molecule has 1 aliphatic carbocycles. The van der Waals surface area contributed by atoms with E-state index in [4.69, 9.17) is 0 Å². The highest BCUT2D eigenvalue weighted by atomic mass is 28.4. The molecular formula is C67H80N2Si2. The van der Waals surface area contributed by atoms with Gasteiger partial charge < -0.3 is 9.80 Å². The van der Waals surface area contributed by atoms with Gasteiger partial charge >= 0.3 is 0 Å². The summed E-state index contributed by atoms with van der Waals surface area (Å²) in [6, 6.07) is 61.5. The van der Waals surface area contributed by atoms with Gasteiger partial charge in [0.1, 0.15) is 0 Å². The van der Waals surface area contributed by atoms with Crippen molar-refractivity contribution in [2.75, 3.05) is 9.80 Å². The van der Waals surface area contributed by atoms with E-state index in [-0.39, 0.29) is 26.3 Å². The quantitative estimate of drug-likeness (QED) is 0.140. The molecule has 8 aromatic carbocycles. The maximum absolute atomic E-state index is 2.65. The fourth-order valence-corrected chi connectivity index (χ4v) is 25.3. The molecule has 0 amide bonds. The lowest BCUT2D eigenvalue weighted by atomic mass is 9.86. The Kier molecular flexibility index (Phi) is 12.2. The number of hydrogen-bond donors (Lipinski definition) is 0. The van der Waals surface area contributed by atoms with E-state index in [0.717, 1.165) is 0 Å². The average molecular weight is 970 g/mol. The van der Waals surface area contributed by atoms with E-state index in [2.05, 4.69) is 290 Å². The molecule has 9 rings (SSSR count). The third kappa shape index (κ3) is 8.82. The summed E-state index contributed by atoms with van der Waals surface area (Å²) in [5.41, 5.74) is 18.6. The zero-order valence-electron chi connectivity index (χ0n) is 46.4. The molecule has 0 saturated heterocycles. The zero-order valence-corrected chi connectivity index (χ0v) is 48.4. The van der Waals surface area contributed by atoms with E-state index in [9.17, 15) is 0 Å². The third-order valence-corrected chi connectivity index (χ3v) is 25.8. The molecule has 0 N–H and O–H groups in total. The number of rotatable bonds is 8. The van der Waals surface area contributed by atoms with Crippen molar-refractivity contribution in [1.82, 2.24) is 0 Å². The minimum absolute atomic E-state index is 0.0662. The second kappa shape index (κ2) is 17.2. The van der Waals surface area contributed by atoms with Crippen molar-refractivity contribution in [2.24, 2.45) is 0 Å². The number of anilines is 6. The first-order valence-corrected chi connectivity index (χ1v) is 33.2. The molecule has 71 heavy (non-hydrogen) atoms. The van der Waals surface area contributed by atoms with Crippen LogP contribution < -0.4 is 9.80 Å². The van der Waals surface area contributed by atoms with Crippen molar-refractivity contribution in [1.29, 1.82) is 0 Å². The number of nitrogens with zero attached hydrogens (tertiary/aromatic N) is 2. The SMILES string of the molecule is CC(C)(C)c1ccc(N(c2ccc(C(C)(C)C)cc2)c2ccc3c4c(ccc3c2)-c2ccc3cc(N(c5ccc(C(C)(C)C)cc5)c5ccc(C(C)(C)C)cc5)ccc3c2C4([Si](C)(C)C)[Si](C)(C)C)cc1. The van der Waals surface area contributed by atoms with Gasteiger partial charge in [-0.15, -0.1) is 0 Å². The topological polar surface area (TPSA) is 6.48 Å². The summed E-state index contributed by atoms with van der Waals surface area (Å²) < 4.78 is -0.0662. The summed E-state index contributed by atoms with van der Waals surface area (Å²) >= 11 is 0. The minimum Gasteiger partial charge on any atom is -0.310 e. The fraction of sp³-hybridized carbons (Fsp3) is 0.343. The van der Waals surface area contributed by atoms with Gasteiger partial charge in [-0.2, -0.15) is 0 Å². The summed E-state index contributed by atoms with van der Waals surface area (Å²) in [7, 11) is -4.14. The molecule has 0 spiro atoms. The maximum atomic E-state index is 2.65. The van der Waals surface area contributed by atoms with Crippen molar-refractivity contribution < 1.29 is 0 Å². The van der Waals surface area contributed by atoms with Crippen LogP contribution in [0.15, 0.2) is 158 Å². The van der Waals surface area contributed by atoms with Crippen LogP contribution in [-0.2, 0) is 26.3 Å². The normalized spacial score (nSPS) is 14.2. The number of benzene rings is 8. The van der Waals surface area contributed by atoms with Crippen LogP contribution in [-0.4, -0.2) is 16.1 Å². The van der Waals surface area contributed by atoms with Crippen LogP contribution in [0.5, 0.6) is 0 Å². The van der Waals surface area contributed by atoms with Crippen molar-refractivity contribution >= 4 is 71.8 Å². The highest BCUT2D eigenvalue weighted by molar-refractivity contribution is 7.00. The molecule has 1 aliphatic rings. The molecule has 0 bridgehead atoms. The van der Waals surface area contributed by atoms with Gasteiger partial charge in [-0.1, -0.05) is 207 Å². The molecule has 4 heteroatoms. The summed E-state index contributed by atoms with van der Waals surface area (Å²) in [6.45, 7) is 43.4. The van der Waals surface area contributed by atoms with Crippen molar-refractivity contribution in [3.63, 3.8) is 0 Å². The Morgan fingerprint density at radius 1 is 0.296 bits per heavy atom. The first kappa shape index (κ1) is 50.3. The molecule has 0 heterocycles. The van der Waals surface area contributed by atoms with Crippen molar-refractivity contribution in [3.8, 4) is 11.1 Å². The van der Waals surface area contributed by atoms with Gasteiger partial charge in [-0.05, 0) is 161 Å². The summed E-state index contributed by atoms with van der Waals surface area (Å²) in [5, 5.41) is 5.39. The van der Waals surface area contributed by atoms with Gasteiger partial charge in [0.25, 0.3) is 0 Å². The third-order valence-electron chi connectivity index (χ3n) is 15.8. The molecule has 2 nitrogen and oxygen atoms in total. The van der Waals surface area contributed by atoms with Gasteiger partial charge in [-0.25, -0.2) is 0 Å². The van der Waals surface area contributed by atoms with Crippen LogP contribution in [0.1, 0.15) is 116 Å². The predicted octanol–water partition coefficient (Wildman–Crippen LogP) is 20.1. The van der Waals surface area contributed by atoms with Gasteiger partial charge in [0, 0.05) is 38.8 Å². The van der Waals surface area contributed by atoms with Crippen LogP contribution in [0.4, 0.5) is 34.1 Å². The molecule has 0 fully saturated rings. The molecule has 0 atom stereocenters. The summed E-state index contributed by atoms with van der Waals surface area (Å²) in [4.78, 5) is 4.91. The van der Waals surface area contributed by atoms with Crippen LogP contribution in [0, 0.1) is 0 Å². The molecule has 0 radical (unpaired) electrons. The van der Waals surface area contributed by atoms with Crippen LogP contribution in [0.2, 0.25) is 39.3 Å². The van der Waals surface area contributed by atoms with Crippen molar-refractivity contribution in [3.05, 3.63) is 191 Å². The van der Waals surface area contributed by atoms with E-state index >= 15 is 0 Å². The van der Waals surface area contributed by atoms with Crippen LogP contribution in [0.25, 0.3) is 32.7 Å². The van der Waals surface area contributed by atoms with E-state index in [1.54, 1.807) is 11.1 Å². The Morgan fingerprint density at radius 2 is 0.535 bits per heavy atom. The Hall–Kier alpha value is -5.69. The van der Waals surface area contributed by atoms with E-state index in [0.29, 0.717) is 0 Å². The molecule has 366 valence electrons. The highest BCUT2D eigenvalue weighted by Gasteiger charge is 2.60. The maximum Gasteiger partial charge on any atom is 0.0579 e. The van der Waals surface area contributed by atoms with E-state index < -0.39 is 16.1 Å². The molecule has 0 saturated carbocycles. The van der Waals surface area contributed by atoms with Crippen LogP contribution >= 0.6 is 0 Å². The second-order valence-corrected chi connectivity index (χ2v) is 37.9. The largest absolute Gasteiger partial charge is 0.310 e. The molecular weight excluding hydrogens is 889 g/mol. The average Bonchev–Trinajstić information content (AvgIpc) is 3.62. The van der Waals surface area contributed by atoms with Gasteiger partial charge in [-0.3, -0.25) is 0 Å². The number of hydrogen-bond acceptors (Lipinski definition) is 2. The minimum atomic E-state index is -2.07. The lowest BCUT2D eigenvalue weighted by Gasteiger charge is -2.52. The monoisotopic (exact) mass is 969 g/mol. The predicted molar refractivity (Wildman–Crippen MR) is 319 cm³/mol. The zero-order chi connectivity index (χ0) is 51.4. The molecule has 0 unspecified atom stereocenters. The first-order valence-electron chi connectivity index (χ1n) is 26.2. The Morgan fingerprint density at radius 3 is 0.761 bits per heavy atom. The number of fused-ring (bicyclic) bond motifs is 7. The smallest absolute Gasteiger partial charge is 0.0579 e. The lowest BCUT2D eigenvalue weighted by Crippen LogP contribution is -2.63.